The molecule has 0 saturated heterocycles. The Morgan fingerprint density at radius 3 is 2.59 bits per heavy atom. The molecule has 46 heavy (non-hydrogen) atoms. The number of thiophene rings is 1. The maximum absolute atomic E-state index is 4.87. The molecule has 1 aromatic carbocycles. The van der Waals surface area contributed by atoms with Gasteiger partial charge in [-0.3, -0.25) is 0 Å². The van der Waals surface area contributed by atoms with E-state index < -0.39 is 0 Å². The van der Waals surface area contributed by atoms with Gasteiger partial charge in [0.05, 0.1) is 0 Å². The largest absolute Gasteiger partial charge is 0.140 e. The molecule has 230 valence electrons. The van der Waals surface area contributed by atoms with Crippen molar-refractivity contribution in [3.63, 3.8) is 0 Å². The minimum absolute atomic E-state index is 0.389. The third kappa shape index (κ3) is 5.46. The van der Waals surface area contributed by atoms with Crippen molar-refractivity contribution < 1.29 is 0 Å². The van der Waals surface area contributed by atoms with Gasteiger partial charge in [-0.2, -0.15) is 0 Å². The zero-order chi connectivity index (χ0) is 31.6. The van der Waals surface area contributed by atoms with Gasteiger partial charge in [-0.15, -0.1) is 11.3 Å². The van der Waals surface area contributed by atoms with Crippen LogP contribution >= 0.6 is 11.3 Å². The molecule has 2 atom stereocenters. The highest BCUT2D eigenvalue weighted by molar-refractivity contribution is 7.13. The van der Waals surface area contributed by atoms with E-state index in [0.717, 1.165) is 44.9 Å². The summed E-state index contributed by atoms with van der Waals surface area (Å²) in [7, 11) is 0. The highest BCUT2D eigenvalue weighted by atomic mass is 32.1. The third-order valence-electron chi connectivity index (χ3n) is 10.3. The van der Waals surface area contributed by atoms with Gasteiger partial charge in [0.15, 0.2) is 0 Å². The van der Waals surface area contributed by atoms with E-state index in [-0.39, 0.29) is 0 Å². The number of fused-ring (bicyclic) bond motifs is 2. The first-order chi connectivity index (χ1) is 22.6. The van der Waals surface area contributed by atoms with Crippen LogP contribution in [-0.4, -0.2) is 0 Å². The fourth-order valence-electron chi connectivity index (χ4n) is 8.08. The molecule has 0 amide bonds. The van der Waals surface area contributed by atoms with Crippen LogP contribution in [0.25, 0.3) is 11.1 Å². The van der Waals surface area contributed by atoms with Gasteiger partial charge in [-0.1, -0.05) is 123 Å². The molecule has 0 radical (unpaired) electrons. The van der Waals surface area contributed by atoms with Gasteiger partial charge in [0.1, 0.15) is 0 Å². The van der Waals surface area contributed by atoms with E-state index >= 15 is 0 Å². The molecule has 0 fully saturated rings. The maximum Gasteiger partial charge on any atom is 0.0305 e. The van der Waals surface area contributed by atoms with E-state index in [9.17, 15) is 0 Å². The highest BCUT2D eigenvalue weighted by Gasteiger charge is 2.41. The molecule has 1 heterocycles. The summed E-state index contributed by atoms with van der Waals surface area (Å²) in [5.41, 5.74) is 16.8. The Kier molecular flexibility index (Phi) is 8.78. The first-order valence-electron chi connectivity index (χ1n) is 17.0. The number of allylic oxidation sites excluding steroid dienone is 22. The SMILES string of the molecule is C=C/C=C\CC1=C(C2=C(C(=C)C3=CC=CCC3)C(/C=C\C)=C3C2=CCC(c2ccc(C4=CC=CCC4)s2)C3C)c2ccccc2C1. The fourth-order valence-corrected chi connectivity index (χ4v) is 9.36. The monoisotopic (exact) mass is 616 g/mol. The molecule has 0 N–H and O–H groups in total. The highest BCUT2D eigenvalue weighted by Crippen LogP contribution is 2.58. The molecule has 0 saturated carbocycles. The van der Waals surface area contributed by atoms with Gasteiger partial charge in [0.25, 0.3) is 0 Å². The molecule has 1 aromatic heterocycles. The second-order valence-electron chi connectivity index (χ2n) is 13.0. The van der Waals surface area contributed by atoms with Gasteiger partial charge in [-0.05, 0) is 131 Å². The normalized spacial score (nSPS) is 22.5. The van der Waals surface area contributed by atoms with Crippen molar-refractivity contribution in [1.82, 2.24) is 0 Å². The lowest BCUT2D eigenvalue weighted by molar-refractivity contribution is 0.522. The molecule has 0 spiro atoms. The first kappa shape index (κ1) is 30.5. The van der Waals surface area contributed by atoms with Crippen molar-refractivity contribution in [3.05, 3.63) is 188 Å². The van der Waals surface area contributed by atoms with Crippen molar-refractivity contribution in [2.45, 2.75) is 64.7 Å². The lowest BCUT2D eigenvalue weighted by atomic mass is 9.74. The van der Waals surface area contributed by atoms with Crippen molar-refractivity contribution in [2.75, 3.05) is 0 Å². The van der Waals surface area contributed by atoms with Crippen molar-refractivity contribution in [2.24, 2.45) is 5.92 Å². The van der Waals surface area contributed by atoms with Crippen molar-refractivity contribution >= 4 is 22.5 Å². The summed E-state index contributed by atoms with van der Waals surface area (Å²) in [6, 6.07) is 13.8. The lowest BCUT2D eigenvalue weighted by Crippen LogP contribution is -2.17. The second-order valence-corrected chi connectivity index (χ2v) is 14.1. The minimum Gasteiger partial charge on any atom is -0.140 e. The van der Waals surface area contributed by atoms with Gasteiger partial charge in [0, 0.05) is 15.7 Å². The topological polar surface area (TPSA) is 0 Å². The molecular formula is C45H44S. The van der Waals surface area contributed by atoms with E-state index in [1.807, 2.05) is 17.4 Å². The number of hydrogen-bond acceptors (Lipinski definition) is 1. The van der Waals surface area contributed by atoms with Crippen LogP contribution in [0.2, 0.25) is 0 Å². The molecular weight excluding hydrogens is 573 g/mol. The third-order valence-corrected chi connectivity index (χ3v) is 11.6. The maximum atomic E-state index is 4.87. The molecule has 5 aliphatic carbocycles. The molecule has 1 heteroatoms. The molecule has 5 aliphatic rings. The van der Waals surface area contributed by atoms with Gasteiger partial charge in [0.2, 0.25) is 0 Å². The summed E-state index contributed by atoms with van der Waals surface area (Å²) in [6.07, 6.45) is 34.4. The summed E-state index contributed by atoms with van der Waals surface area (Å²) >= 11 is 2.01. The number of benzene rings is 1. The van der Waals surface area contributed by atoms with E-state index in [0.29, 0.717) is 11.8 Å². The molecule has 0 aliphatic heterocycles. The molecule has 2 unspecified atom stereocenters. The van der Waals surface area contributed by atoms with Crippen LogP contribution in [0.3, 0.4) is 0 Å². The van der Waals surface area contributed by atoms with Gasteiger partial charge in [-0.25, -0.2) is 0 Å². The summed E-state index contributed by atoms with van der Waals surface area (Å²) < 4.78 is 0. The Balaban J connectivity index is 1.41. The van der Waals surface area contributed by atoms with Crippen LogP contribution in [0.5, 0.6) is 0 Å². The predicted molar refractivity (Wildman–Crippen MR) is 201 cm³/mol. The van der Waals surface area contributed by atoms with Crippen molar-refractivity contribution in [3.8, 4) is 0 Å². The number of rotatable bonds is 9. The summed E-state index contributed by atoms with van der Waals surface area (Å²) in [5.74, 6) is 0.850. The summed E-state index contributed by atoms with van der Waals surface area (Å²) in [4.78, 5) is 2.95. The quantitative estimate of drug-likeness (QED) is 0.246. The van der Waals surface area contributed by atoms with Crippen molar-refractivity contribution in [1.29, 1.82) is 0 Å². The summed E-state index contributed by atoms with van der Waals surface area (Å²) in [5, 5.41) is 0. The zero-order valence-corrected chi connectivity index (χ0v) is 28.1. The van der Waals surface area contributed by atoms with Crippen LogP contribution in [-0.2, 0) is 6.42 Å². The summed E-state index contributed by atoms with van der Waals surface area (Å²) in [6.45, 7) is 13.5. The smallest absolute Gasteiger partial charge is 0.0305 e. The Morgan fingerprint density at radius 1 is 1.00 bits per heavy atom. The second kappa shape index (κ2) is 13.3. The molecule has 0 bridgehead atoms. The van der Waals surface area contributed by atoms with Gasteiger partial charge >= 0.3 is 0 Å². The van der Waals surface area contributed by atoms with E-state index in [2.05, 4.69) is 124 Å². The Morgan fingerprint density at radius 2 is 1.83 bits per heavy atom. The van der Waals surface area contributed by atoms with Gasteiger partial charge < -0.3 is 0 Å². The van der Waals surface area contributed by atoms with Crippen LogP contribution in [0, 0.1) is 5.92 Å². The lowest BCUT2D eigenvalue weighted by Gasteiger charge is -2.31. The van der Waals surface area contributed by atoms with E-state index in [1.54, 1.807) is 0 Å². The average Bonchev–Trinajstić information content (AvgIpc) is 3.80. The Bertz CT molecular complexity index is 1910. The Hall–Kier alpha value is -4.20. The van der Waals surface area contributed by atoms with Crippen LogP contribution in [0.15, 0.2) is 167 Å². The van der Waals surface area contributed by atoms with Crippen LogP contribution in [0.1, 0.15) is 79.2 Å². The fraction of sp³-hybridized carbons (Fsp3) is 0.244. The standard InChI is InChI=1S/C45H44S/c1-5-7-10-23-35-29-34-22-15-16-24-37(34)44(35)45-39-26-25-36(41-28-27-40(46-41)33-20-13-9-14-21-33)31(4)42(39)38(17-6-2)43(45)30(3)32-18-11-8-12-19-32/h5-11,13,15-18,20,22,24,26-28,31,36H,1,3,12,14,19,21,23,25,29H2,2,4H3/b10-7-,17-6-. The predicted octanol–water partition coefficient (Wildman–Crippen LogP) is 12.7. The average molecular weight is 617 g/mol. The first-order valence-corrected chi connectivity index (χ1v) is 17.8. The van der Waals surface area contributed by atoms with E-state index in [1.165, 1.54) is 76.6 Å². The van der Waals surface area contributed by atoms with E-state index in [4.69, 9.17) is 6.58 Å². The Labute approximate surface area is 280 Å². The molecule has 0 nitrogen and oxygen atoms in total. The van der Waals surface area contributed by atoms with Crippen LogP contribution in [0.4, 0.5) is 0 Å². The zero-order valence-electron chi connectivity index (χ0n) is 27.3. The molecule has 2 aromatic rings. The van der Waals surface area contributed by atoms with Crippen LogP contribution < -0.4 is 0 Å². The minimum atomic E-state index is 0.389. The molecule has 7 rings (SSSR count). The number of hydrogen-bond donors (Lipinski definition) is 0.